The second-order valence-electron chi connectivity index (χ2n) is 10.5. The van der Waals surface area contributed by atoms with E-state index in [0.717, 1.165) is 21.4 Å². The van der Waals surface area contributed by atoms with Crippen molar-refractivity contribution in [3.8, 4) is 5.75 Å². The first-order valence-corrected chi connectivity index (χ1v) is 13.4. The summed E-state index contributed by atoms with van der Waals surface area (Å²) in [5, 5.41) is 11.8. The number of amides is 1. The number of nitrogens with zero attached hydrogens (tertiary/aromatic N) is 2. The molecule has 1 aliphatic rings. The largest absolute Gasteiger partial charge is 0.507 e. The predicted molar refractivity (Wildman–Crippen MR) is 152 cm³/mol. The molecule has 38 heavy (non-hydrogen) atoms. The zero-order valence-corrected chi connectivity index (χ0v) is 22.9. The fourth-order valence-electron chi connectivity index (χ4n) is 4.63. The molecule has 1 fully saturated rings. The van der Waals surface area contributed by atoms with Gasteiger partial charge in [-0.05, 0) is 48.6 Å². The van der Waals surface area contributed by atoms with Crippen LogP contribution in [0.5, 0.6) is 5.75 Å². The van der Waals surface area contributed by atoms with Crippen molar-refractivity contribution in [3.05, 3.63) is 94.6 Å². The van der Waals surface area contributed by atoms with E-state index in [1.54, 1.807) is 12.1 Å². The Morgan fingerprint density at radius 1 is 1.03 bits per heavy atom. The second-order valence-corrected chi connectivity index (χ2v) is 11.5. The molecule has 1 N–H and O–H groups in total. The molecule has 1 aliphatic heterocycles. The second kappa shape index (κ2) is 9.72. The maximum absolute atomic E-state index is 13.5. The van der Waals surface area contributed by atoms with Gasteiger partial charge in [0, 0.05) is 5.56 Å². The summed E-state index contributed by atoms with van der Waals surface area (Å²) in [5.41, 5.74) is 4.05. The minimum atomic E-state index is -0.822. The van der Waals surface area contributed by atoms with E-state index in [2.05, 4.69) is 20.8 Å². The number of thiazole rings is 1. The zero-order chi connectivity index (χ0) is 27.2. The Hall–Kier alpha value is -3.97. The third kappa shape index (κ3) is 4.58. The Kier molecular flexibility index (Phi) is 6.57. The molecule has 6 nitrogen and oxygen atoms in total. The first kappa shape index (κ1) is 25.7. The molecule has 1 saturated heterocycles. The number of rotatable bonds is 5. The Morgan fingerprint density at radius 2 is 1.71 bits per heavy atom. The minimum Gasteiger partial charge on any atom is -0.507 e. The van der Waals surface area contributed by atoms with E-state index in [0.29, 0.717) is 28.6 Å². The van der Waals surface area contributed by atoms with E-state index in [9.17, 15) is 14.7 Å². The van der Waals surface area contributed by atoms with Crippen molar-refractivity contribution in [2.45, 2.75) is 46.1 Å². The van der Waals surface area contributed by atoms with Crippen LogP contribution in [0.1, 0.15) is 56.0 Å². The molecule has 1 aromatic heterocycles. The van der Waals surface area contributed by atoms with Crippen molar-refractivity contribution in [1.82, 2.24) is 4.98 Å². The van der Waals surface area contributed by atoms with Gasteiger partial charge in [0.2, 0.25) is 0 Å². The number of hydrogen-bond donors (Lipinski definition) is 1. The predicted octanol–water partition coefficient (Wildman–Crippen LogP) is 6.93. The van der Waals surface area contributed by atoms with Crippen LogP contribution < -0.4 is 9.64 Å². The highest BCUT2D eigenvalue weighted by atomic mass is 32.1. The van der Waals surface area contributed by atoms with Crippen LogP contribution in [0.3, 0.4) is 0 Å². The Bertz CT molecular complexity index is 1560. The van der Waals surface area contributed by atoms with Gasteiger partial charge in [-0.25, -0.2) is 4.98 Å². The van der Waals surface area contributed by atoms with Crippen molar-refractivity contribution >= 4 is 44.1 Å². The van der Waals surface area contributed by atoms with Crippen molar-refractivity contribution in [2.24, 2.45) is 0 Å². The number of aliphatic hydroxyl groups is 1. The quantitative estimate of drug-likeness (QED) is 0.173. The molecule has 194 valence electrons. The molecule has 7 heteroatoms. The van der Waals surface area contributed by atoms with E-state index in [4.69, 9.17) is 9.72 Å². The van der Waals surface area contributed by atoms with Crippen molar-refractivity contribution in [1.29, 1.82) is 0 Å². The lowest BCUT2D eigenvalue weighted by molar-refractivity contribution is -0.132. The zero-order valence-electron chi connectivity index (χ0n) is 22.1. The average molecular weight is 527 g/mol. The lowest BCUT2D eigenvalue weighted by atomic mass is 9.85. The van der Waals surface area contributed by atoms with Crippen LogP contribution in [0.25, 0.3) is 16.0 Å². The Labute approximate surface area is 226 Å². The van der Waals surface area contributed by atoms with E-state index < -0.39 is 17.7 Å². The maximum Gasteiger partial charge on any atom is 0.301 e. The molecule has 2 heterocycles. The SMILES string of the molecule is CCOc1ccc2nc(N3C(=O)C(=O)C(=C(O)c4ccc(C)cc4)C3c3ccc(C(C)(C)C)cc3)sc2c1. The normalized spacial score (nSPS) is 17.4. The number of anilines is 1. The number of aryl methyl sites for hydroxylation is 1. The minimum absolute atomic E-state index is 0.0524. The van der Waals surface area contributed by atoms with Crippen LogP contribution in [0.15, 0.2) is 72.3 Å². The van der Waals surface area contributed by atoms with Gasteiger partial charge in [0.15, 0.2) is 5.13 Å². The molecule has 0 bridgehead atoms. The standard InChI is InChI=1S/C31H30N2O4S/c1-6-37-22-15-16-23-24(17-22)38-30(32-23)33-26(19-11-13-21(14-12-19)31(3,4)5)25(28(35)29(33)36)27(34)20-9-7-18(2)8-10-20/h7-17,26,34H,6H2,1-5H3. The highest BCUT2D eigenvalue weighted by molar-refractivity contribution is 7.22. The monoisotopic (exact) mass is 526 g/mol. The van der Waals surface area contributed by atoms with Crippen molar-refractivity contribution < 1.29 is 19.4 Å². The number of ether oxygens (including phenoxy) is 1. The fourth-order valence-corrected chi connectivity index (χ4v) is 5.65. The van der Waals surface area contributed by atoms with Gasteiger partial charge in [0.05, 0.1) is 28.4 Å². The maximum atomic E-state index is 13.5. The number of hydrogen-bond acceptors (Lipinski definition) is 6. The third-order valence-electron chi connectivity index (χ3n) is 6.73. The summed E-state index contributed by atoms with van der Waals surface area (Å²) >= 11 is 1.32. The van der Waals surface area contributed by atoms with E-state index in [1.165, 1.54) is 16.2 Å². The molecule has 5 rings (SSSR count). The smallest absolute Gasteiger partial charge is 0.301 e. The van der Waals surface area contributed by atoms with Crippen LogP contribution in [0, 0.1) is 6.92 Å². The van der Waals surface area contributed by atoms with Gasteiger partial charge in [-0.1, -0.05) is 86.2 Å². The van der Waals surface area contributed by atoms with E-state index in [-0.39, 0.29) is 16.7 Å². The van der Waals surface area contributed by atoms with E-state index >= 15 is 0 Å². The van der Waals surface area contributed by atoms with Gasteiger partial charge in [-0.3, -0.25) is 14.5 Å². The number of carbonyl (C=O) groups excluding carboxylic acids is 2. The number of carbonyl (C=O) groups is 2. The first-order chi connectivity index (χ1) is 18.1. The number of ketones is 1. The van der Waals surface area contributed by atoms with Crippen LogP contribution in [-0.4, -0.2) is 28.4 Å². The van der Waals surface area contributed by atoms with Crippen LogP contribution in [0.2, 0.25) is 0 Å². The van der Waals surface area contributed by atoms with Crippen molar-refractivity contribution in [3.63, 3.8) is 0 Å². The molecule has 1 amide bonds. The molecular weight excluding hydrogens is 496 g/mol. The molecule has 0 aliphatic carbocycles. The molecule has 1 atom stereocenters. The number of benzene rings is 3. The molecule has 1 unspecified atom stereocenters. The summed E-state index contributed by atoms with van der Waals surface area (Å²) in [6.07, 6.45) is 0. The fraction of sp³-hybridized carbons (Fsp3) is 0.258. The van der Waals surface area contributed by atoms with Gasteiger partial charge in [0.1, 0.15) is 11.5 Å². The summed E-state index contributed by atoms with van der Waals surface area (Å²) in [6.45, 7) is 10.8. The van der Waals surface area contributed by atoms with Gasteiger partial charge >= 0.3 is 5.91 Å². The highest BCUT2D eigenvalue weighted by Crippen LogP contribution is 2.45. The first-order valence-electron chi connectivity index (χ1n) is 12.6. The van der Waals surface area contributed by atoms with Gasteiger partial charge in [-0.15, -0.1) is 0 Å². The molecule has 0 saturated carbocycles. The van der Waals surface area contributed by atoms with Gasteiger partial charge < -0.3 is 9.84 Å². The van der Waals surface area contributed by atoms with Crippen molar-refractivity contribution in [2.75, 3.05) is 11.5 Å². The molecule has 0 spiro atoms. The highest BCUT2D eigenvalue weighted by Gasteiger charge is 2.48. The summed E-state index contributed by atoms with van der Waals surface area (Å²) in [7, 11) is 0. The molecular formula is C31H30N2O4S. The van der Waals surface area contributed by atoms with Crippen LogP contribution >= 0.6 is 11.3 Å². The number of aromatic nitrogens is 1. The molecule has 3 aromatic carbocycles. The molecule has 0 radical (unpaired) electrons. The number of Topliss-reactive ketones (excluding diaryl/α,β-unsaturated/α-hetero) is 1. The summed E-state index contributed by atoms with van der Waals surface area (Å²) in [5.74, 6) is -0.934. The van der Waals surface area contributed by atoms with E-state index in [1.807, 2.05) is 68.4 Å². The lowest BCUT2D eigenvalue weighted by Crippen LogP contribution is -2.29. The Morgan fingerprint density at radius 3 is 2.34 bits per heavy atom. The summed E-state index contributed by atoms with van der Waals surface area (Å²) in [4.78, 5) is 33.1. The van der Waals surface area contributed by atoms with Crippen LogP contribution in [0.4, 0.5) is 5.13 Å². The lowest BCUT2D eigenvalue weighted by Gasteiger charge is -2.24. The van der Waals surface area contributed by atoms with Gasteiger partial charge in [-0.2, -0.15) is 0 Å². The summed E-state index contributed by atoms with van der Waals surface area (Å²) in [6, 6.07) is 19.8. The number of aliphatic hydroxyl groups excluding tert-OH is 1. The Balaban J connectivity index is 1.69. The van der Waals surface area contributed by atoms with Gasteiger partial charge in [0.25, 0.3) is 5.78 Å². The van der Waals surface area contributed by atoms with Crippen LogP contribution in [-0.2, 0) is 15.0 Å². The topological polar surface area (TPSA) is 79.7 Å². The third-order valence-corrected chi connectivity index (χ3v) is 7.75. The summed E-state index contributed by atoms with van der Waals surface area (Å²) < 4.78 is 6.47. The molecule has 4 aromatic rings. The average Bonchev–Trinajstić information content (AvgIpc) is 3.41. The number of fused-ring (bicyclic) bond motifs is 1.